The Morgan fingerprint density at radius 3 is 2.77 bits per heavy atom. The maximum atomic E-state index is 12.1. The summed E-state index contributed by atoms with van der Waals surface area (Å²) in [6, 6.07) is 12.4. The van der Waals surface area contributed by atoms with Crippen LogP contribution >= 0.6 is 0 Å². The lowest BCUT2D eigenvalue weighted by atomic mass is 10.1. The van der Waals surface area contributed by atoms with Gasteiger partial charge >= 0.3 is 0 Å². The number of amides is 2. The van der Waals surface area contributed by atoms with Crippen molar-refractivity contribution in [2.45, 2.75) is 25.8 Å². The Bertz CT molecular complexity index is 828. The summed E-state index contributed by atoms with van der Waals surface area (Å²) >= 11 is 0. The quantitative estimate of drug-likeness (QED) is 0.535. The van der Waals surface area contributed by atoms with Gasteiger partial charge in [0.25, 0.3) is 5.91 Å². The molecule has 0 fully saturated rings. The average molecular weight is 353 g/mol. The lowest BCUT2D eigenvalue weighted by Gasteiger charge is -2.21. The Hall–Kier alpha value is -3.42. The minimum absolute atomic E-state index is 0.0965. The molecule has 1 aliphatic rings. The fourth-order valence-corrected chi connectivity index (χ4v) is 2.42. The number of carbonyl (C=O) groups excluding carboxylic acids is 2. The van der Waals surface area contributed by atoms with E-state index < -0.39 is 11.9 Å². The fraction of sp³-hybridized carbons (Fsp3) is 0.222. The molecule has 0 bridgehead atoms. The van der Waals surface area contributed by atoms with Crippen LogP contribution in [0.2, 0.25) is 0 Å². The van der Waals surface area contributed by atoms with Crippen LogP contribution in [0.1, 0.15) is 24.7 Å². The fourth-order valence-electron chi connectivity index (χ4n) is 2.42. The number of hydrazone groups is 1. The number of hydrogen-bond acceptors (Lipinski definition) is 6. The Kier molecular flexibility index (Phi) is 5.43. The van der Waals surface area contributed by atoms with Crippen LogP contribution in [0.4, 0.5) is 0 Å². The summed E-state index contributed by atoms with van der Waals surface area (Å²) < 4.78 is 5.19. The first kappa shape index (κ1) is 17.4. The summed E-state index contributed by atoms with van der Waals surface area (Å²) in [5.74, 6) is 0.404. The van der Waals surface area contributed by atoms with Crippen molar-refractivity contribution in [1.82, 2.24) is 16.3 Å². The van der Waals surface area contributed by atoms with Gasteiger partial charge in [-0.25, -0.2) is 5.43 Å². The molecule has 26 heavy (non-hydrogen) atoms. The van der Waals surface area contributed by atoms with Gasteiger partial charge in [0.1, 0.15) is 23.3 Å². The standard InChI is InChI=1S/C18H19N5O3/c1-12(15-8-5-9-26-15)20-22-17(24)11-14-18(25)23-21-16(19-14)10-13-6-3-2-4-7-13/h2-9,14H,10-11H2,1H3,(H,19,21)(H,22,24)(H,23,25)/b20-12+. The second-order valence-corrected chi connectivity index (χ2v) is 5.78. The van der Waals surface area contributed by atoms with Gasteiger partial charge < -0.3 is 4.42 Å². The van der Waals surface area contributed by atoms with Gasteiger partial charge in [-0.05, 0) is 24.6 Å². The van der Waals surface area contributed by atoms with Crippen LogP contribution < -0.4 is 16.3 Å². The zero-order valence-corrected chi connectivity index (χ0v) is 14.2. The summed E-state index contributed by atoms with van der Waals surface area (Å²) in [5, 5.41) is 3.97. The Labute approximate surface area is 150 Å². The van der Waals surface area contributed by atoms with Gasteiger partial charge in [-0.3, -0.25) is 25.4 Å². The predicted octanol–water partition coefficient (Wildman–Crippen LogP) is 1.15. The van der Waals surface area contributed by atoms with Crippen molar-refractivity contribution in [3.63, 3.8) is 0 Å². The molecular weight excluding hydrogens is 334 g/mol. The van der Waals surface area contributed by atoms with Crippen molar-refractivity contribution in [1.29, 1.82) is 0 Å². The first-order valence-corrected chi connectivity index (χ1v) is 8.15. The van der Waals surface area contributed by atoms with E-state index in [2.05, 4.69) is 26.4 Å². The number of nitrogens with one attached hydrogen (secondary N) is 3. The van der Waals surface area contributed by atoms with Gasteiger partial charge in [0, 0.05) is 6.42 Å². The minimum atomic E-state index is -0.797. The third kappa shape index (κ3) is 4.56. The number of furan rings is 1. The number of hydrogen-bond donors (Lipinski definition) is 3. The molecule has 134 valence electrons. The van der Waals surface area contributed by atoms with Gasteiger partial charge in [-0.15, -0.1) is 0 Å². The Morgan fingerprint density at radius 2 is 2.04 bits per heavy atom. The van der Waals surface area contributed by atoms with Crippen LogP contribution in [0, 0.1) is 0 Å². The van der Waals surface area contributed by atoms with E-state index in [0.29, 0.717) is 23.7 Å². The molecule has 1 unspecified atom stereocenters. The van der Waals surface area contributed by atoms with Crippen LogP contribution in [-0.2, 0) is 16.0 Å². The normalized spacial score (nSPS) is 17.1. The van der Waals surface area contributed by atoms with Gasteiger partial charge in [0.15, 0.2) is 0 Å². The summed E-state index contributed by atoms with van der Waals surface area (Å²) in [4.78, 5) is 28.4. The molecule has 1 aromatic carbocycles. The van der Waals surface area contributed by atoms with Crippen LogP contribution in [0.5, 0.6) is 0 Å². The highest BCUT2D eigenvalue weighted by atomic mass is 16.3. The molecule has 1 aliphatic heterocycles. The second-order valence-electron chi connectivity index (χ2n) is 5.78. The highest BCUT2D eigenvalue weighted by Crippen LogP contribution is 2.07. The summed E-state index contributed by atoms with van der Waals surface area (Å²) in [5.41, 5.74) is 9.32. The SMILES string of the molecule is C/C(=N\NC(=O)CC1N=C(Cc2ccccc2)NNC1=O)c1ccco1. The first-order valence-electron chi connectivity index (χ1n) is 8.15. The molecule has 8 nitrogen and oxygen atoms in total. The zero-order valence-electron chi connectivity index (χ0n) is 14.2. The molecule has 3 rings (SSSR count). The van der Waals surface area contributed by atoms with Gasteiger partial charge in [-0.2, -0.15) is 5.10 Å². The van der Waals surface area contributed by atoms with E-state index in [9.17, 15) is 9.59 Å². The summed E-state index contributed by atoms with van der Waals surface area (Å²) in [6.07, 6.45) is 1.97. The van der Waals surface area contributed by atoms with Gasteiger partial charge in [0.2, 0.25) is 5.91 Å². The number of benzene rings is 1. The molecule has 1 atom stereocenters. The molecule has 2 aromatic rings. The monoisotopic (exact) mass is 353 g/mol. The largest absolute Gasteiger partial charge is 0.463 e. The smallest absolute Gasteiger partial charge is 0.263 e. The average Bonchev–Trinajstić information content (AvgIpc) is 3.18. The number of rotatable bonds is 6. The van der Waals surface area contributed by atoms with E-state index in [1.807, 2.05) is 30.3 Å². The first-order chi connectivity index (χ1) is 12.6. The van der Waals surface area contributed by atoms with Crippen LogP contribution in [0.25, 0.3) is 0 Å². The van der Waals surface area contributed by atoms with Crippen molar-refractivity contribution >= 4 is 23.4 Å². The number of aliphatic imine (C=N–C) groups is 1. The molecule has 2 amide bonds. The number of nitrogens with zero attached hydrogens (tertiary/aromatic N) is 2. The second kappa shape index (κ2) is 8.11. The van der Waals surface area contributed by atoms with Crippen molar-refractivity contribution in [2.24, 2.45) is 10.1 Å². The number of hydrazine groups is 1. The molecule has 2 heterocycles. The topological polar surface area (TPSA) is 108 Å². The van der Waals surface area contributed by atoms with E-state index in [1.165, 1.54) is 6.26 Å². The van der Waals surface area contributed by atoms with Crippen molar-refractivity contribution in [3.8, 4) is 0 Å². The van der Waals surface area contributed by atoms with Crippen LogP contribution in [0.3, 0.4) is 0 Å². The summed E-state index contributed by atoms with van der Waals surface area (Å²) in [6.45, 7) is 1.71. The molecule has 3 N–H and O–H groups in total. The molecular formula is C18H19N5O3. The molecule has 0 saturated carbocycles. The molecule has 0 radical (unpaired) electrons. The van der Waals surface area contributed by atoms with Crippen LogP contribution in [0.15, 0.2) is 63.2 Å². The molecule has 0 spiro atoms. The zero-order chi connectivity index (χ0) is 18.4. The Balaban J connectivity index is 1.60. The third-order valence-corrected chi connectivity index (χ3v) is 3.76. The van der Waals surface area contributed by atoms with Crippen molar-refractivity contribution in [3.05, 3.63) is 60.1 Å². The van der Waals surface area contributed by atoms with Crippen LogP contribution in [-0.4, -0.2) is 29.4 Å². The molecule has 1 aromatic heterocycles. The van der Waals surface area contributed by atoms with Crippen molar-refractivity contribution in [2.75, 3.05) is 0 Å². The van der Waals surface area contributed by atoms with E-state index >= 15 is 0 Å². The predicted molar refractivity (Wildman–Crippen MR) is 96.3 cm³/mol. The highest BCUT2D eigenvalue weighted by Gasteiger charge is 2.25. The summed E-state index contributed by atoms with van der Waals surface area (Å²) in [7, 11) is 0. The lowest BCUT2D eigenvalue weighted by Crippen LogP contribution is -2.52. The van der Waals surface area contributed by atoms with Gasteiger partial charge in [-0.1, -0.05) is 30.3 Å². The van der Waals surface area contributed by atoms with E-state index in [1.54, 1.807) is 19.1 Å². The van der Waals surface area contributed by atoms with Crippen molar-refractivity contribution < 1.29 is 14.0 Å². The Morgan fingerprint density at radius 1 is 1.23 bits per heavy atom. The number of carbonyl (C=O) groups is 2. The third-order valence-electron chi connectivity index (χ3n) is 3.76. The minimum Gasteiger partial charge on any atom is -0.463 e. The lowest BCUT2D eigenvalue weighted by molar-refractivity contribution is -0.128. The van der Waals surface area contributed by atoms with E-state index in [-0.39, 0.29) is 12.3 Å². The maximum Gasteiger partial charge on any atom is 0.263 e. The highest BCUT2D eigenvalue weighted by molar-refractivity contribution is 5.98. The maximum absolute atomic E-state index is 12.1. The molecule has 0 aliphatic carbocycles. The van der Waals surface area contributed by atoms with E-state index in [4.69, 9.17) is 4.42 Å². The number of amidine groups is 1. The molecule has 0 saturated heterocycles. The molecule has 8 heteroatoms. The van der Waals surface area contributed by atoms with E-state index in [0.717, 1.165) is 5.56 Å². The van der Waals surface area contributed by atoms with Gasteiger partial charge in [0.05, 0.1) is 12.7 Å².